The third-order valence-electron chi connectivity index (χ3n) is 4.74. The van der Waals surface area contributed by atoms with E-state index in [9.17, 15) is 9.59 Å². The first kappa shape index (κ1) is 23.2. The first-order valence-corrected chi connectivity index (χ1v) is 11.4. The molecule has 1 amide bonds. The van der Waals surface area contributed by atoms with E-state index in [0.717, 1.165) is 11.1 Å². The van der Waals surface area contributed by atoms with E-state index in [2.05, 4.69) is 10.3 Å². The molecule has 0 spiro atoms. The normalized spacial score (nSPS) is 13.5. The van der Waals surface area contributed by atoms with Gasteiger partial charge in [0.2, 0.25) is 0 Å². The van der Waals surface area contributed by atoms with E-state index in [1.807, 2.05) is 42.7 Å². The van der Waals surface area contributed by atoms with Crippen molar-refractivity contribution in [1.82, 2.24) is 5.32 Å². The van der Waals surface area contributed by atoms with Crippen LogP contribution in [0.2, 0.25) is 0 Å². The second kappa shape index (κ2) is 11.2. The number of alkyl carbamates (subject to hydrolysis) is 1. The average Bonchev–Trinajstić information content (AvgIpc) is 2.79. The van der Waals surface area contributed by atoms with Crippen LogP contribution in [0, 0.1) is 5.41 Å². The number of hydrogen-bond donors (Lipinski definition) is 2. The maximum atomic E-state index is 13.2. The molecular weight excluding hydrogens is 422 g/mol. The summed E-state index contributed by atoms with van der Waals surface area (Å²) >= 11 is 1.29. The van der Waals surface area contributed by atoms with Crippen molar-refractivity contribution >= 4 is 40.2 Å². The van der Waals surface area contributed by atoms with Crippen molar-refractivity contribution in [2.75, 3.05) is 12.9 Å². The van der Waals surface area contributed by atoms with Gasteiger partial charge in [0.05, 0.1) is 12.3 Å². The molecule has 0 radical (unpaired) electrons. The number of rotatable bonds is 6. The molecule has 3 rings (SSSR count). The molecule has 2 aromatic carbocycles. The van der Waals surface area contributed by atoms with Crippen LogP contribution in [0.3, 0.4) is 0 Å². The van der Waals surface area contributed by atoms with Crippen LogP contribution in [0.25, 0.3) is 0 Å². The zero-order valence-corrected chi connectivity index (χ0v) is 18.9. The van der Waals surface area contributed by atoms with Crippen molar-refractivity contribution < 1.29 is 14.3 Å². The Bertz CT molecular complexity index is 1100. The van der Waals surface area contributed by atoms with E-state index in [1.54, 1.807) is 37.3 Å². The van der Waals surface area contributed by atoms with Crippen LogP contribution < -0.4 is 5.32 Å². The lowest BCUT2D eigenvalue weighted by atomic mass is 9.91. The number of carbonyl (C=O) groups excluding carboxylic acids is 2. The van der Waals surface area contributed by atoms with Crippen molar-refractivity contribution in [1.29, 1.82) is 5.41 Å². The molecule has 0 saturated heterocycles. The van der Waals surface area contributed by atoms with E-state index < -0.39 is 6.09 Å². The molecule has 0 saturated carbocycles. The van der Waals surface area contributed by atoms with Crippen molar-refractivity contribution in [3.05, 3.63) is 89.0 Å². The summed E-state index contributed by atoms with van der Waals surface area (Å²) in [7, 11) is 0. The average molecular weight is 448 g/mol. The SMILES string of the molecule is CCOC(=O)NC(=Nc1ccc(C(=O)c2ccccc2)c(CC2=CC=CC(=N)C2)c1)SC. The molecule has 0 aliphatic heterocycles. The van der Waals surface area contributed by atoms with Gasteiger partial charge in [-0.25, -0.2) is 9.79 Å². The van der Waals surface area contributed by atoms with E-state index in [4.69, 9.17) is 10.1 Å². The molecule has 1 aliphatic carbocycles. The number of ether oxygens (including phenoxy) is 1. The second-order valence-electron chi connectivity index (χ2n) is 7.07. The number of nitrogens with one attached hydrogen (secondary N) is 2. The van der Waals surface area contributed by atoms with Crippen molar-refractivity contribution in [2.45, 2.75) is 19.8 Å². The molecule has 32 heavy (non-hydrogen) atoms. The Morgan fingerprint density at radius 1 is 1.19 bits per heavy atom. The number of carbonyl (C=O) groups is 2. The molecule has 0 heterocycles. The predicted molar refractivity (Wildman–Crippen MR) is 130 cm³/mol. The lowest BCUT2D eigenvalue weighted by Gasteiger charge is -2.14. The molecule has 164 valence electrons. The summed E-state index contributed by atoms with van der Waals surface area (Å²) in [5.74, 6) is -0.0621. The Labute approximate surface area is 192 Å². The number of allylic oxidation sites excluding steroid dienone is 4. The standard InChI is InChI=1S/C25H25N3O3S/c1-3-31-25(30)28-24(32-2)27-21-12-13-22(23(29)18-9-5-4-6-10-18)19(16-21)14-17-8-7-11-20(26)15-17/h4-13,16,26H,3,14-15H2,1-2H3,(H,27,28,30). The Hall–Kier alpha value is -3.45. The fourth-order valence-corrected chi connectivity index (χ4v) is 3.67. The summed E-state index contributed by atoms with van der Waals surface area (Å²) in [6.45, 7) is 2.01. The van der Waals surface area contributed by atoms with Crippen LogP contribution in [0.5, 0.6) is 0 Å². The van der Waals surface area contributed by atoms with Gasteiger partial charge in [0.15, 0.2) is 11.0 Å². The highest BCUT2D eigenvalue weighted by atomic mass is 32.2. The molecule has 0 atom stereocenters. The van der Waals surface area contributed by atoms with Crippen molar-refractivity contribution in [3.8, 4) is 0 Å². The van der Waals surface area contributed by atoms with Gasteiger partial charge in [0, 0.05) is 23.3 Å². The largest absolute Gasteiger partial charge is 0.450 e. The number of aliphatic imine (C=N–C) groups is 1. The van der Waals surface area contributed by atoms with Crippen LogP contribution in [-0.4, -0.2) is 35.6 Å². The molecule has 0 aromatic heterocycles. The fourth-order valence-electron chi connectivity index (χ4n) is 3.29. The van der Waals surface area contributed by atoms with E-state index >= 15 is 0 Å². The van der Waals surface area contributed by atoms with Crippen molar-refractivity contribution in [3.63, 3.8) is 0 Å². The number of thioether (sulfide) groups is 1. The third kappa shape index (κ3) is 6.28. The summed E-state index contributed by atoms with van der Waals surface area (Å²) in [5.41, 5.74) is 4.25. The highest BCUT2D eigenvalue weighted by molar-refractivity contribution is 8.13. The third-order valence-corrected chi connectivity index (χ3v) is 5.32. The Morgan fingerprint density at radius 3 is 2.66 bits per heavy atom. The summed E-state index contributed by atoms with van der Waals surface area (Å²) in [6, 6.07) is 14.6. The minimum Gasteiger partial charge on any atom is -0.450 e. The quantitative estimate of drug-likeness (QED) is 0.349. The maximum absolute atomic E-state index is 13.2. The number of nitrogens with zero attached hydrogens (tertiary/aromatic N) is 1. The Kier molecular flexibility index (Phi) is 8.16. The number of ketones is 1. The zero-order chi connectivity index (χ0) is 22.9. The Balaban J connectivity index is 1.97. The lowest BCUT2D eigenvalue weighted by molar-refractivity contribution is 0.103. The number of amides is 1. The van der Waals surface area contributed by atoms with Gasteiger partial charge in [0.25, 0.3) is 0 Å². The highest BCUT2D eigenvalue weighted by Crippen LogP contribution is 2.26. The summed E-state index contributed by atoms with van der Waals surface area (Å²) < 4.78 is 4.92. The van der Waals surface area contributed by atoms with E-state index in [1.165, 1.54) is 11.8 Å². The minimum absolute atomic E-state index is 0.0621. The first-order valence-electron chi connectivity index (χ1n) is 10.2. The lowest BCUT2D eigenvalue weighted by Crippen LogP contribution is -2.28. The van der Waals surface area contributed by atoms with Gasteiger partial charge < -0.3 is 10.1 Å². The zero-order valence-electron chi connectivity index (χ0n) is 18.1. The van der Waals surface area contributed by atoms with Gasteiger partial charge in [-0.3, -0.25) is 10.1 Å². The molecule has 6 nitrogen and oxygen atoms in total. The second-order valence-corrected chi connectivity index (χ2v) is 7.86. The minimum atomic E-state index is -0.561. The monoisotopic (exact) mass is 447 g/mol. The number of hydrogen-bond acceptors (Lipinski definition) is 6. The van der Waals surface area contributed by atoms with Gasteiger partial charge in [0.1, 0.15) is 0 Å². The topological polar surface area (TPSA) is 91.6 Å². The summed E-state index contributed by atoms with van der Waals surface area (Å²) in [4.78, 5) is 29.5. The van der Waals surface area contributed by atoms with E-state index in [-0.39, 0.29) is 12.4 Å². The number of amidine groups is 1. The van der Waals surface area contributed by atoms with Crippen molar-refractivity contribution in [2.24, 2.45) is 4.99 Å². The molecule has 0 bridgehead atoms. The smallest absolute Gasteiger partial charge is 0.413 e. The van der Waals surface area contributed by atoms with E-state index in [0.29, 0.717) is 40.5 Å². The van der Waals surface area contributed by atoms with Gasteiger partial charge in [-0.05, 0) is 49.4 Å². The predicted octanol–water partition coefficient (Wildman–Crippen LogP) is 5.46. The van der Waals surface area contributed by atoms with Crippen LogP contribution >= 0.6 is 11.8 Å². The molecule has 0 fully saturated rings. The fraction of sp³-hybridized carbons (Fsp3) is 0.200. The highest BCUT2D eigenvalue weighted by Gasteiger charge is 2.17. The number of benzene rings is 2. The van der Waals surface area contributed by atoms with Gasteiger partial charge in [-0.1, -0.05) is 59.8 Å². The van der Waals surface area contributed by atoms with Crippen LogP contribution in [0.4, 0.5) is 10.5 Å². The van der Waals surface area contributed by atoms with Gasteiger partial charge in [-0.2, -0.15) is 0 Å². The Morgan fingerprint density at radius 2 is 1.97 bits per heavy atom. The molecule has 2 aromatic rings. The summed E-state index contributed by atoms with van der Waals surface area (Å²) in [6.07, 6.45) is 7.94. The first-order chi connectivity index (χ1) is 15.5. The van der Waals surface area contributed by atoms with Crippen LogP contribution in [0.15, 0.2) is 77.3 Å². The van der Waals surface area contributed by atoms with Crippen LogP contribution in [0.1, 0.15) is 34.8 Å². The van der Waals surface area contributed by atoms with Gasteiger partial charge in [-0.15, -0.1) is 0 Å². The maximum Gasteiger partial charge on any atom is 0.413 e. The molecule has 7 heteroatoms. The van der Waals surface area contributed by atoms with Gasteiger partial charge >= 0.3 is 6.09 Å². The molecule has 0 unspecified atom stereocenters. The molecule has 1 aliphatic rings. The molecule has 2 N–H and O–H groups in total. The van der Waals surface area contributed by atoms with Crippen LogP contribution in [-0.2, 0) is 11.2 Å². The molecular formula is C25H25N3O3S. The summed E-state index contributed by atoms with van der Waals surface area (Å²) in [5, 5.41) is 11.0.